The molecule has 2 aromatic rings. The molecule has 1 heterocycles. The average molecular weight is 412 g/mol. The minimum absolute atomic E-state index is 0.165. The van der Waals surface area contributed by atoms with Gasteiger partial charge in [0.1, 0.15) is 11.9 Å². The molecule has 0 unspecified atom stereocenters. The van der Waals surface area contributed by atoms with Gasteiger partial charge in [0.15, 0.2) is 6.61 Å². The quantitative estimate of drug-likeness (QED) is 0.515. The van der Waals surface area contributed by atoms with Gasteiger partial charge >= 0.3 is 5.97 Å². The van der Waals surface area contributed by atoms with Crippen LogP contribution in [0.4, 0.5) is 4.39 Å². The van der Waals surface area contributed by atoms with Crippen molar-refractivity contribution in [1.82, 2.24) is 9.80 Å². The monoisotopic (exact) mass is 412 g/mol. The van der Waals surface area contributed by atoms with E-state index in [4.69, 9.17) is 4.74 Å². The third-order valence-corrected chi connectivity index (χ3v) is 4.89. The normalized spacial score (nSPS) is 13.8. The van der Waals surface area contributed by atoms with Gasteiger partial charge in [-0.1, -0.05) is 24.3 Å². The number of ether oxygens (including phenoxy) is 1. The maximum absolute atomic E-state index is 13.3. The standard InChI is InChI=1S/C22H21FN2O5/c1-3-24(12-15-7-6-8-16(23)11-15)19(26)13-30-22(29)14(2)25-20(27)17-9-4-5-10-18(17)21(25)28/h4-11,14H,3,12-13H2,1-2H3/t14-/m0/s1. The van der Waals surface area contributed by atoms with Gasteiger partial charge in [-0.25, -0.2) is 9.18 Å². The van der Waals surface area contributed by atoms with Crippen LogP contribution in [-0.4, -0.2) is 52.7 Å². The topological polar surface area (TPSA) is 84.0 Å². The maximum atomic E-state index is 13.3. The van der Waals surface area contributed by atoms with Crippen LogP contribution in [0, 0.1) is 5.82 Å². The highest BCUT2D eigenvalue weighted by molar-refractivity contribution is 6.22. The smallest absolute Gasteiger partial charge is 0.329 e. The summed E-state index contributed by atoms with van der Waals surface area (Å²) in [5.41, 5.74) is 1.06. The van der Waals surface area contributed by atoms with E-state index in [0.29, 0.717) is 12.1 Å². The van der Waals surface area contributed by atoms with Gasteiger partial charge in [0.25, 0.3) is 17.7 Å². The van der Waals surface area contributed by atoms with Crippen LogP contribution in [0.1, 0.15) is 40.1 Å². The van der Waals surface area contributed by atoms with E-state index in [2.05, 4.69) is 0 Å². The zero-order valence-electron chi connectivity index (χ0n) is 16.6. The lowest BCUT2D eigenvalue weighted by Gasteiger charge is -2.23. The number of imide groups is 1. The van der Waals surface area contributed by atoms with E-state index < -0.39 is 42.2 Å². The van der Waals surface area contributed by atoms with Gasteiger partial charge in [0.05, 0.1) is 11.1 Å². The van der Waals surface area contributed by atoms with Crippen LogP contribution in [0.25, 0.3) is 0 Å². The zero-order chi connectivity index (χ0) is 21.8. The van der Waals surface area contributed by atoms with Gasteiger partial charge in [-0.15, -0.1) is 0 Å². The second kappa shape index (κ2) is 8.86. The SMILES string of the molecule is CCN(Cc1cccc(F)c1)C(=O)COC(=O)[C@H](C)N1C(=O)c2ccccc2C1=O. The summed E-state index contributed by atoms with van der Waals surface area (Å²) in [6.45, 7) is 3.08. The van der Waals surface area contributed by atoms with Crippen molar-refractivity contribution in [2.24, 2.45) is 0 Å². The Kier molecular flexibility index (Phi) is 6.25. The second-order valence-corrected chi connectivity index (χ2v) is 6.85. The number of rotatable bonds is 7. The molecule has 8 heteroatoms. The molecule has 3 amide bonds. The number of carbonyl (C=O) groups excluding carboxylic acids is 4. The molecule has 7 nitrogen and oxygen atoms in total. The number of hydrogen-bond donors (Lipinski definition) is 0. The summed E-state index contributed by atoms with van der Waals surface area (Å²) in [5.74, 6) is -2.89. The minimum Gasteiger partial charge on any atom is -0.454 e. The van der Waals surface area contributed by atoms with E-state index in [9.17, 15) is 23.6 Å². The third kappa shape index (κ3) is 4.22. The number of likely N-dealkylation sites (N-methyl/N-ethyl adjacent to an activating group) is 1. The number of fused-ring (bicyclic) bond motifs is 1. The van der Waals surface area contributed by atoms with Crippen molar-refractivity contribution in [2.75, 3.05) is 13.2 Å². The van der Waals surface area contributed by atoms with E-state index in [-0.39, 0.29) is 17.7 Å². The summed E-state index contributed by atoms with van der Waals surface area (Å²) in [6.07, 6.45) is 0. The fraction of sp³-hybridized carbons (Fsp3) is 0.273. The van der Waals surface area contributed by atoms with E-state index in [1.165, 1.54) is 36.1 Å². The van der Waals surface area contributed by atoms with E-state index in [1.807, 2.05) is 0 Å². The zero-order valence-corrected chi connectivity index (χ0v) is 16.6. The maximum Gasteiger partial charge on any atom is 0.329 e. The first-order chi connectivity index (χ1) is 14.3. The summed E-state index contributed by atoms with van der Waals surface area (Å²) in [5, 5.41) is 0. The van der Waals surface area contributed by atoms with Crippen molar-refractivity contribution in [3.05, 3.63) is 71.0 Å². The summed E-state index contributed by atoms with van der Waals surface area (Å²) in [6, 6.07) is 11.0. The Morgan fingerprint density at radius 2 is 1.70 bits per heavy atom. The van der Waals surface area contributed by atoms with Crippen molar-refractivity contribution >= 4 is 23.7 Å². The Hall–Kier alpha value is -3.55. The molecular weight excluding hydrogens is 391 g/mol. The molecule has 0 saturated carbocycles. The Balaban J connectivity index is 1.60. The molecule has 1 atom stereocenters. The van der Waals surface area contributed by atoms with Crippen LogP contribution >= 0.6 is 0 Å². The van der Waals surface area contributed by atoms with E-state index >= 15 is 0 Å². The Morgan fingerprint density at radius 1 is 1.07 bits per heavy atom. The molecule has 1 aliphatic heterocycles. The summed E-state index contributed by atoms with van der Waals surface area (Å²) in [7, 11) is 0. The van der Waals surface area contributed by atoms with Gasteiger partial charge in [0.2, 0.25) is 0 Å². The van der Waals surface area contributed by atoms with E-state index in [1.54, 1.807) is 31.2 Å². The second-order valence-electron chi connectivity index (χ2n) is 6.85. The molecule has 0 saturated heterocycles. The van der Waals surface area contributed by atoms with Crippen molar-refractivity contribution < 1.29 is 28.3 Å². The summed E-state index contributed by atoms with van der Waals surface area (Å²) >= 11 is 0. The predicted octanol–water partition coefficient (Wildman–Crippen LogP) is 2.40. The van der Waals surface area contributed by atoms with E-state index in [0.717, 1.165) is 4.90 Å². The lowest BCUT2D eigenvalue weighted by atomic mass is 10.1. The molecule has 0 N–H and O–H groups in total. The first-order valence-corrected chi connectivity index (χ1v) is 9.49. The molecule has 0 aromatic heterocycles. The van der Waals surface area contributed by atoms with Crippen molar-refractivity contribution in [3.8, 4) is 0 Å². The first kappa shape index (κ1) is 21.2. The van der Waals surface area contributed by atoms with Crippen molar-refractivity contribution in [1.29, 1.82) is 0 Å². The molecule has 0 aliphatic carbocycles. The fourth-order valence-electron chi connectivity index (χ4n) is 3.24. The van der Waals surface area contributed by atoms with Crippen molar-refractivity contribution in [3.63, 3.8) is 0 Å². The van der Waals surface area contributed by atoms with Crippen LogP contribution in [0.3, 0.4) is 0 Å². The van der Waals surface area contributed by atoms with Gasteiger partial charge in [0, 0.05) is 13.1 Å². The number of halogens is 1. The van der Waals surface area contributed by atoms with Gasteiger partial charge in [-0.05, 0) is 43.7 Å². The molecular formula is C22H21FN2O5. The van der Waals surface area contributed by atoms with Crippen molar-refractivity contribution in [2.45, 2.75) is 26.4 Å². The Labute approximate surface area is 173 Å². The largest absolute Gasteiger partial charge is 0.454 e. The molecule has 0 bridgehead atoms. The minimum atomic E-state index is -1.18. The van der Waals surface area contributed by atoms with Crippen LogP contribution in [0.15, 0.2) is 48.5 Å². The van der Waals surface area contributed by atoms with Crippen LogP contribution in [-0.2, 0) is 20.9 Å². The number of carbonyl (C=O) groups is 4. The molecule has 0 radical (unpaired) electrons. The molecule has 3 rings (SSSR count). The number of hydrogen-bond acceptors (Lipinski definition) is 5. The Morgan fingerprint density at radius 3 is 2.27 bits per heavy atom. The van der Waals surface area contributed by atoms with Gasteiger partial charge in [-0.3, -0.25) is 19.3 Å². The molecule has 0 spiro atoms. The third-order valence-electron chi connectivity index (χ3n) is 4.89. The first-order valence-electron chi connectivity index (χ1n) is 9.49. The lowest BCUT2D eigenvalue weighted by Crippen LogP contribution is -2.44. The summed E-state index contributed by atoms with van der Waals surface area (Å²) < 4.78 is 18.4. The fourth-order valence-corrected chi connectivity index (χ4v) is 3.24. The number of benzene rings is 2. The predicted molar refractivity (Wildman–Crippen MR) is 105 cm³/mol. The molecule has 2 aromatic carbocycles. The molecule has 1 aliphatic rings. The number of esters is 1. The lowest BCUT2D eigenvalue weighted by molar-refractivity contribution is -0.155. The van der Waals surface area contributed by atoms with Gasteiger partial charge < -0.3 is 9.64 Å². The summed E-state index contributed by atoms with van der Waals surface area (Å²) in [4.78, 5) is 52.0. The molecule has 0 fully saturated rings. The highest BCUT2D eigenvalue weighted by atomic mass is 19.1. The van der Waals surface area contributed by atoms with Gasteiger partial charge in [-0.2, -0.15) is 0 Å². The van der Waals surface area contributed by atoms with Crippen LogP contribution < -0.4 is 0 Å². The molecule has 156 valence electrons. The number of amides is 3. The highest BCUT2D eigenvalue weighted by Gasteiger charge is 2.41. The average Bonchev–Trinajstić information content (AvgIpc) is 3.00. The highest BCUT2D eigenvalue weighted by Crippen LogP contribution is 2.24. The number of nitrogens with zero attached hydrogens (tertiary/aromatic N) is 2. The Bertz CT molecular complexity index is 972. The molecule has 30 heavy (non-hydrogen) atoms. The van der Waals surface area contributed by atoms with Crippen LogP contribution in [0.5, 0.6) is 0 Å². The van der Waals surface area contributed by atoms with Crippen LogP contribution in [0.2, 0.25) is 0 Å².